The van der Waals surface area contributed by atoms with Crippen LogP contribution in [-0.2, 0) is 12.8 Å². The minimum atomic E-state index is -0.150. The van der Waals surface area contributed by atoms with Crippen molar-refractivity contribution in [1.29, 1.82) is 0 Å². The molecule has 0 amide bonds. The molecule has 0 saturated heterocycles. The third kappa shape index (κ3) is 2.91. The van der Waals surface area contributed by atoms with Gasteiger partial charge >= 0.3 is 0 Å². The first kappa shape index (κ1) is 13.3. The molecule has 1 aliphatic rings. The Morgan fingerprint density at radius 2 is 2.05 bits per heavy atom. The fourth-order valence-electron chi connectivity index (χ4n) is 2.98. The largest absolute Gasteiger partial charge is 0.313 e. The number of benzene rings is 2. The summed E-state index contributed by atoms with van der Waals surface area (Å²) in [5.74, 6) is 0.490. The van der Waals surface area contributed by atoms with E-state index in [9.17, 15) is 4.39 Å². The van der Waals surface area contributed by atoms with Gasteiger partial charge in [-0.2, -0.15) is 0 Å². The van der Waals surface area contributed by atoms with Gasteiger partial charge in [-0.15, -0.1) is 0 Å². The third-order valence-electron chi connectivity index (χ3n) is 4.10. The number of nitrogens with one attached hydrogen (secondary N) is 1. The van der Waals surface area contributed by atoms with Gasteiger partial charge in [-0.1, -0.05) is 36.4 Å². The fourth-order valence-corrected chi connectivity index (χ4v) is 2.98. The molecule has 0 saturated carbocycles. The molecule has 3 rings (SSSR count). The van der Waals surface area contributed by atoms with Gasteiger partial charge in [0, 0.05) is 18.5 Å². The molecule has 104 valence electrons. The zero-order valence-corrected chi connectivity index (χ0v) is 11.8. The lowest BCUT2D eigenvalue weighted by Crippen LogP contribution is -2.35. The lowest BCUT2D eigenvalue weighted by atomic mass is 9.77. The fraction of sp³-hybridized carbons (Fsp3) is 0.333. The molecule has 2 aromatic carbocycles. The van der Waals surface area contributed by atoms with Crippen molar-refractivity contribution in [2.75, 3.05) is 6.54 Å². The molecule has 0 bridgehead atoms. The summed E-state index contributed by atoms with van der Waals surface area (Å²) in [6.07, 6.45) is 2.04. The number of rotatable bonds is 5. The summed E-state index contributed by atoms with van der Waals surface area (Å²) >= 11 is 0. The zero-order valence-electron chi connectivity index (χ0n) is 11.8. The molecular formula is C18H20FN. The van der Waals surface area contributed by atoms with Gasteiger partial charge in [0.1, 0.15) is 5.82 Å². The third-order valence-corrected chi connectivity index (χ3v) is 4.10. The first-order valence-corrected chi connectivity index (χ1v) is 7.28. The number of fused-ring (bicyclic) bond motifs is 1. The highest BCUT2D eigenvalue weighted by Gasteiger charge is 2.25. The molecule has 2 heteroatoms. The molecule has 0 aliphatic heterocycles. The lowest BCUT2D eigenvalue weighted by molar-refractivity contribution is 0.476. The van der Waals surface area contributed by atoms with E-state index in [-0.39, 0.29) is 5.82 Å². The minimum Gasteiger partial charge on any atom is -0.313 e. The Bertz CT molecular complexity index is 593. The van der Waals surface area contributed by atoms with Crippen LogP contribution in [0.5, 0.6) is 0 Å². The van der Waals surface area contributed by atoms with Gasteiger partial charge in [0.2, 0.25) is 0 Å². The van der Waals surface area contributed by atoms with Crippen molar-refractivity contribution < 1.29 is 4.39 Å². The molecule has 1 nitrogen and oxygen atoms in total. The molecule has 0 radical (unpaired) electrons. The van der Waals surface area contributed by atoms with E-state index < -0.39 is 0 Å². The van der Waals surface area contributed by atoms with Crippen molar-refractivity contribution in [2.24, 2.45) is 0 Å². The second-order valence-electron chi connectivity index (χ2n) is 5.74. The van der Waals surface area contributed by atoms with Crippen LogP contribution in [0.4, 0.5) is 4.39 Å². The van der Waals surface area contributed by atoms with Crippen LogP contribution in [0.25, 0.3) is 0 Å². The van der Waals surface area contributed by atoms with E-state index in [1.165, 1.54) is 23.6 Å². The summed E-state index contributed by atoms with van der Waals surface area (Å²) in [5, 5.41) is 3.57. The SMILES string of the molecule is CC(Cc1cccc(F)c1)NCC1Cc2ccccc21. The summed E-state index contributed by atoms with van der Waals surface area (Å²) in [4.78, 5) is 0. The van der Waals surface area contributed by atoms with E-state index in [2.05, 4.69) is 36.5 Å². The maximum absolute atomic E-state index is 13.1. The quantitative estimate of drug-likeness (QED) is 0.873. The molecule has 0 aromatic heterocycles. The number of hydrogen-bond donors (Lipinski definition) is 1. The van der Waals surface area contributed by atoms with Gasteiger partial charge in [-0.3, -0.25) is 0 Å². The van der Waals surface area contributed by atoms with Crippen molar-refractivity contribution >= 4 is 0 Å². The Hall–Kier alpha value is -1.67. The van der Waals surface area contributed by atoms with Crippen molar-refractivity contribution in [3.8, 4) is 0 Å². The van der Waals surface area contributed by atoms with E-state index in [1.54, 1.807) is 12.1 Å². The topological polar surface area (TPSA) is 12.0 Å². The highest BCUT2D eigenvalue weighted by atomic mass is 19.1. The molecule has 2 atom stereocenters. The summed E-state index contributed by atoms with van der Waals surface area (Å²) in [6, 6.07) is 15.9. The highest BCUT2D eigenvalue weighted by molar-refractivity contribution is 5.40. The van der Waals surface area contributed by atoms with Gasteiger partial charge in [-0.05, 0) is 48.6 Å². The average Bonchev–Trinajstić information content (AvgIpc) is 2.40. The van der Waals surface area contributed by atoms with Gasteiger partial charge in [-0.25, -0.2) is 4.39 Å². The number of hydrogen-bond acceptors (Lipinski definition) is 1. The Labute approximate surface area is 119 Å². The van der Waals surface area contributed by atoms with E-state index in [4.69, 9.17) is 0 Å². The van der Waals surface area contributed by atoms with E-state index in [1.807, 2.05) is 6.07 Å². The normalized spacial score (nSPS) is 18.2. The van der Waals surface area contributed by atoms with Crippen LogP contribution in [0.2, 0.25) is 0 Å². The van der Waals surface area contributed by atoms with Gasteiger partial charge < -0.3 is 5.32 Å². The van der Waals surface area contributed by atoms with Gasteiger partial charge in [0.25, 0.3) is 0 Å². The van der Waals surface area contributed by atoms with Crippen molar-refractivity contribution in [3.05, 3.63) is 71.0 Å². The summed E-state index contributed by atoms with van der Waals surface area (Å²) in [7, 11) is 0. The highest BCUT2D eigenvalue weighted by Crippen LogP contribution is 2.34. The smallest absolute Gasteiger partial charge is 0.123 e. The van der Waals surface area contributed by atoms with Crippen molar-refractivity contribution in [3.63, 3.8) is 0 Å². The molecular weight excluding hydrogens is 249 g/mol. The zero-order chi connectivity index (χ0) is 13.9. The molecule has 0 fully saturated rings. The van der Waals surface area contributed by atoms with Crippen LogP contribution in [0.3, 0.4) is 0 Å². The predicted molar refractivity (Wildman–Crippen MR) is 80.5 cm³/mol. The second kappa shape index (κ2) is 5.76. The Morgan fingerprint density at radius 1 is 1.20 bits per heavy atom. The van der Waals surface area contributed by atoms with Gasteiger partial charge in [0.05, 0.1) is 0 Å². The molecule has 20 heavy (non-hydrogen) atoms. The monoisotopic (exact) mass is 269 g/mol. The molecule has 0 heterocycles. The van der Waals surface area contributed by atoms with E-state index >= 15 is 0 Å². The Morgan fingerprint density at radius 3 is 2.85 bits per heavy atom. The van der Waals surface area contributed by atoms with Crippen LogP contribution >= 0.6 is 0 Å². The summed E-state index contributed by atoms with van der Waals surface area (Å²) < 4.78 is 13.1. The predicted octanol–water partition coefficient (Wildman–Crippen LogP) is 3.69. The molecule has 2 unspecified atom stereocenters. The Balaban J connectivity index is 1.50. The van der Waals surface area contributed by atoms with Crippen molar-refractivity contribution in [2.45, 2.75) is 31.7 Å². The molecule has 1 N–H and O–H groups in total. The van der Waals surface area contributed by atoms with Crippen molar-refractivity contribution in [1.82, 2.24) is 5.32 Å². The minimum absolute atomic E-state index is 0.150. The maximum Gasteiger partial charge on any atom is 0.123 e. The van der Waals surface area contributed by atoms with Gasteiger partial charge in [0.15, 0.2) is 0 Å². The maximum atomic E-state index is 13.1. The Kier molecular flexibility index (Phi) is 3.83. The molecule has 0 spiro atoms. The lowest BCUT2D eigenvalue weighted by Gasteiger charge is -2.31. The first-order valence-electron chi connectivity index (χ1n) is 7.28. The average molecular weight is 269 g/mol. The molecule has 2 aromatic rings. The van der Waals surface area contributed by atoms with E-state index in [0.717, 1.165) is 18.5 Å². The van der Waals surface area contributed by atoms with Crippen LogP contribution in [0, 0.1) is 5.82 Å². The standard InChI is InChI=1S/C18H20FN/c1-13(9-14-5-4-7-17(19)10-14)20-12-16-11-15-6-2-3-8-18(15)16/h2-8,10,13,16,20H,9,11-12H2,1H3. The van der Waals surface area contributed by atoms with Crippen LogP contribution in [0.1, 0.15) is 29.5 Å². The molecule has 1 aliphatic carbocycles. The number of halogens is 1. The summed E-state index contributed by atoms with van der Waals surface area (Å²) in [6.45, 7) is 3.17. The first-order chi connectivity index (χ1) is 9.72. The van der Waals surface area contributed by atoms with E-state index in [0.29, 0.717) is 12.0 Å². The second-order valence-corrected chi connectivity index (χ2v) is 5.74. The van der Waals surface area contributed by atoms with Crippen LogP contribution in [-0.4, -0.2) is 12.6 Å². The van der Waals surface area contributed by atoms with Crippen LogP contribution in [0.15, 0.2) is 48.5 Å². The van der Waals surface area contributed by atoms with Crippen LogP contribution < -0.4 is 5.32 Å². The summed E-state index contributed by atoms with van der Waals surface area (Å²) in [5.41, 5.74) is 4.02.